The molecule has 4 heteroatoms. The highest BCUT2D eigenvalue weighted by molar-refractivity contribution is 9.10. The van der Waals surface area contributed by atoms with Gasteiger partial charge in [-0.1, -0.05) is 26.8 Å². The van der Waals surface area contributed by atoms with Crippen LogP contribution in [0.1, 0.15) is 26.3 Å². The molecule has 100 valence electrons. The van der Waals surface area contributed by atoms with E-state index in [1.165, 1.54) is 5.56 Å². The fourth-order valence-corrected chi connectivity index (χ4v) is 1.92. The van der Waals surface area contributed by atoms with Crippen molar-refractivity contribution < 1.29 is 4.74 Å². The minimum absolute atomic E-state index is 0.0866. The third-order valence-corrected chi connectivity index (χ3v) is 3.43. The summed E-state index contributed by atoms with van der Waals surface area (Å²) >= 11 is 3.43. The molecule has 1 aromatic carbocycles. The second kappa shape index (κ2) is 5.21. The van der Waals surface area contributed by atoms with Gasteiger partial charge in [0.15, 0.2) is 0 Å². The molecule has 0 atom stereocenters. The number of pyridine rings is 1. The van der Waals surface area contributed by atoms with E-state index in [4.69, 9.17) is 10.5 Å². The predicted molar refractivity (Wildman–Crippen MR) is 81.6 cm³/mol. The standard InChI is InChI=1S/C15H17BrN2O/c1-15(2,3)10-4-7-14(18-9-10)19-13-8-11(17)5-6-12(13)16/h4-9H,17H2,1-3H3. The summed E-state index contributed by atoms with van der Waals surface area (Å²) in [5, 5.41) is 0. The molecule has 1 heterocycles. The van der Waals surface area contributed by atoms with E-state index >= 15 is 0 Å². The van der Waals surface area contributed by atoms with Crippen molar-refractivity contribution in [2.75, 3.05) is 5.73 Å². The van der Waals surface area contributed by atoms with E-state index in [1.807, 2.05) is 30.5 Å². The molecular weight excluding hydrogens is 304 g/mol. The number of nitrogen functional groups attached to an aromatic ring is 1. The zero-order valence-electron chi connectivity index (χ0n) is 11.3. The molecule has 0 aliphatic rings. The van der Waals surface area contributed by atoms with Crippen LogP contribution in [0.5, 0.6) is 11.6 Å². The first kappa shape index (κ1) is 13.9. The molecule has 0 saturated carbocycles. The highest BCUT2D eigenvalue weighted by Crippen LogP contribution is 2.31. The summed E-state index contributed by atoms with van der Waals surface area (Å²) < 4.78 is 6.57. The van der Waals surface area contributed by atoms with Crippen LogP contribution in [0.15, 0.2) is 41.0 Å². The Kier molecular flexibility index (Phi) is 3.80. The van der Waals surface area contributed by atoms with Gasteiger partial charge in [0.25, 0.3) is 0 Å². The number of benzene rings is 1. The Morgan fingerprint density at radius 2 is 1.89 bits per heavy atom. The van der Waals surface area contributed by atoms with Crippen molar-refractivity contribution in [1.82, 2.24) is 4.98 Å². The fourth-order valence-electron chi connectivity index (χ4n) is 1.60. The third kappa shape index (κ3) is 3.47. The number of anilines is 1. The summed E-state index contributed by atoms with van der Waals surface area (Å²) in [4.78, 5) is 4.33. The first-order valence-corrected chi connectivity index (χ1v) is 6.85. The Balaban J connectivity index is 2.22. The van der Waals surface area contributed by atoms with E-state index in [1.54, 1.807) is 6.07 Å². The van der Waals surface area contributed by atoms with Crippen molar-refractivity contribution in [3.8, 4) is 11.6 Å². The van der Waals surface area contributed by atoms with Gasteiger partial charge in [0.2, 0.25) is 5.88 Å². The van der Waals surface area contributed by atoms with E-state index in [2.05, 4.69) is 41.7 Å². The molecule has 0 bridgehead atoms. The van der Waals surface area contributed by atoms with Crippen molar-refractivity contribution >= 4 is 21.6 Å². The zero-order valence-corrected chi connectivity index (χ0v) is 12.9. The Labute approximate surface area is 121 Å². The number of hydrogen-bond acceptors (Lipinski definition) is 3. The van der Waals surface area contributed by atoms with Gasteiger partial charge in [0, 0.05) is 24.0 Å². The van der Waals surface area contributed by atoms with Gasteiger partial charge >= 0.3 is 0 Å². The first-order chi connectivity index (χ1) is 8.86. The van der Waals surface area contributed by atoms with Crippen molar-refractivity contribution in [3.05, 3.63) is 46.6 Å². The lowest BCUT2D eigenvalue weighted by atomic mass is 9.88. The van der Waals surface area contributed by atoms with Crippen LogP contribution in [-0.2, 0) is 5.41 Å². The van der Waals surface area contributed by atoms with Crippen LogP contribution in [-0.4, -0.2) is 4.98 Å². The molecule has 1 aromatic heterocycles. The molecule has 0 radical (unpaired) electrons. The second-order valence-electron chi connectivity index (χ2n) is 5.43. The van der Waals surface area contributed by atoms with Crippen molar-refractivity contribution in [2.45, 2.75) is 26.2 Å². The van der Waals surface area contributed by atoms with E-state index in [0.717, 1.165) is 4.47 Å². The summed E-state index contributed by atoms with van der Waals surface area (Å²) in [6.45, 7) is 6.46. The predicted octanol–water partition coefficient (Wildman–Crippen LogP) is 4.52. The number of ether oxygens (including phenoxy) is 1. The Morgan fingerprint density at radius 1 is 1.16 bits per heavy atom. The molecule has 2 N–H and O–H groups in total. The lowest BCUT2D eigenvalue weighted by molar-refractivity contribution is 0.458. The summed E-state index contributed by atoms with van der Waals surface area (Å²) in [6, 6.07) is 9.34. The van der Waals surface area contributed by atoms with Gasteiger partial charge in [-0.2, -0.15) is 0 Å². The molecule has 2 aromatic rings. The summed E-state index contributed by atoms with van der Waals surface area (Å²) in [5.74, 6) is 1.22. The van der Waals surface area contributed by atoms with Crippen LogP contribution in [0, 0.1) is 0 Å². The van der Waals surface area contributed by atoms with Crippen LogP contribution >= 0.6 is 15.9 Å². The highest BCUT2D eigenvalue weighted by atomic mass is 79.9. The van der Waals surface area contributed by atoms with Gasteiger partial charge in [-0.15, -0.1) is 0 Å². The number of aromatic nitrogens is 1. The number of nitrogens with two attached hydrogens (primary N) is 1. The summed E-state index contributed by atoms with van der Waals surface area (Å²) in [6.07, 6.45) is 1.84. The van der Waals surface area contributed by atoms with E-state index in [0.29, 0.717) is 17.3 Å². The van der Waals surface area contributed by atoms with Crippen molar-refractivity contribution in [2.24, 2.45) is 0 Å². The summed E-state index contributed by atoms with van der Waals surface area (Å²) in [7, 11) is 0. The van der Waals surface area contributed by atoms with Crippen LogP contribution in [0.3, 0.4) is 0 Å². The fraction of sp³-hybridized carbons (Fsp3) is 0.267. The molecule has 0 aliphatic heterocycles. The first-order valence-electron chi connectivity index (χ1n) is 6.06. The zero-order chi connectivity index (χ0) is 14.0. The molecule has 2 rings (SSSR count). The highest BCUT2D eigenvalue weighted by Gasteiger charge is 2.14. The number of rotatable bonds is 2. The average Bonchev–Trinajstić information content (AvgIpc) is 2.33. The molecule has 0 aliphatic carbocycles. The van der Waals surface area contributed by atoms with E-state index in [-0.39, 0.29) is 5.41 Å². The molecule has 0 spiro atoms. The molecular formula is C15H17BrN2O. The van der Waals surface area contributed by atoms with Gasteiger partial charge < -0.3 is 10.5 Å². The second-order valence-corrected chi connectivity index (χ2v) is 6.28. The third-order valence-electron chi connectivity index (χ3n) is 2.77. The Hall–Kier alpha value is -1.55. The topological polar surface area (TPSA) is 48.1 Å². The molecule has 19 heavy (non-hydrogen) atoms. The van der Waals surface area contributed by atoms with E-state index < -0.39 is 0 Å². The normalized spacial score (nSPS) is 11.4. The maximum atomic E-state index is 5.74. The maximum Gasteiger partial charge on any atom is 0.219 e. The molecule has 0 saturated heterocycles. The van der Waals surface area contributed by atoms with Gasteiger partial charge in [-0.3, -0.25) is 0 Å². The number of halogens is 1. The molecule has 0 fully saturated rings. The number of nitrogens with zero attached hydrogens (tertiary/aromatic N) is 1. The Bertz CT molecular complexity index is 574. The molecule has 0 unspecified atom stereocenters. The SMILES string of the molecule is CC(C)(C)c1ccc(Oc2cc(N)ccc2Br)nc1. The van der Waals surface area contributed by atoms with Crippen LogP contribution in [0.4, 0.5) is 5.69 Å². The summed E-state index contributed by atoms with van der Waals surface area (Å²) in [5.41, 5.74) is 7.66. The smallest absolute Gasteiger partial charge is 0.219 e. The van der Waals surface area contributed by atoms with Crippen molar-refractivity contribution in [3.63, 3.8) is 0 Å². The maximum absolute atomic E-state index is 5.74. The average molecular weight is 321 g/mol. The number of hydrogen-bond donors (Lipinski definition) is 1. The van der Waals surface area contributed by atoms with Gasteiger partial charge in [0.1, 0.15) is 5.75 Å². The minimum atomic E-state index is 0.0866. The van der Waals surface area contributed by atoms with Crippen LogP contribution in [0.25, 0.3) is 0 Å². The lowest BCUT2D eigenvalue weighted by Crippen LogP contribution is -2.11. The van der Waals surface area contributed by atoms with Crippen LogP contribution in [0.2, 0.25) is 0 Å². The monoisotopic (exact) mass is 320 g/mol. The quantitative estimate of drug-likeness (QED) is 0.828. The minimum Gasteiger partial charge on any atom is -0.438 e. The Morgan fingerprint density at radius 3 is 2.47 bits per heavy atom. The van der Waals surface area contributed by atoms with Gasteiger partial charge in [-0.25, -0.2) is 4.98 Å². The lowest BCUT2D eigenvalue weighted by Gasteiger charge is -2.18. The van der Waals surface area contributed by atoms with Gasteiger partial charge in [0.05, 0.1) is 4.47 Å². The van der Waals surface area contributed by atoms with Gasteiger partial charge in [-0.05, 0) is 39.0 Å². The molecule has 0 amide bonds. The van der Waals surface area contributed by atoms with E-state index in [9.17, 15) is 0 Å². The largest absolute Gasteiger partial charge is 0.438 e. The molecule has 3 nitrogen and oxygen atoms in total. The van der Waals surface area contributed by atoms with Crippen molar-refractivity contribution in [1.29, 1.82) is 0 Å². The van der Waals surface area contributed by atoms with Crippen LogP contribution < -0.4 is 10.5 Å².